The Morgan fingerprint density at radius 2 is 2.00 bits per heavy atom. The van der Waals surface area contributed by atoms with Crippen LogP contribution in [0.5, 0.6) is 0 Å². The van der Waals surface area contributed by atoms with Gasteiger partial charge in [0.2, 0.25) is 0 Å². The van der Waals surface area contributed by atoms with Gasteiger partial charge in [0.25, 0.3) is 0 Å². The van der Waals surface area contributed by atoms with Crippen LogP contribution in [0.4, 0.5) is 5.00 Å². The summed E-state index contributed by atoms with van der Waals surface area (Å²) in [5.74, 6) is -0.611. The molecule has 2 N–H and O–H groups in total. The number of carbonyl (C=O) groups is 2. The van der Waals surface area contributed by atoms with Gasteiger partial charge in [-0.1, -0.05) is 0 Å². The molecule has 5 nitrogen and oxygen atoms in total. The second-order valence-electron chi connectivity index (χ2n) is 4.64. The molecule has 1 aliphatic carbocycles. The van der Waals surface area contributed by atoms with E-state index in [0.717, 1.165) is 23.3 Å². The number of nitrogen functional groups attached to an aromatic ring is 1. The lowest BCUT2D eigenvalue weighted by Gasteiger charge is -2.12. The van der Waals surface area contributed by atoms with Gasteiger partial charge in [-0.15, -0.1) is 11.3 Å². The van der Waals surface area contributed by atoms with Gasteiger partial charge in [0.05, 0.1) is 25.2 Å². The van der Waals surface area contributed by atoms with E-state index in [0.29, 0.717) is 30.2 Å². The zero-order valence-corrected chi connectivity index (χ0v) is 12.5. The Balaban J connectivity index is 2.25. The number of fused-ring (bicyclic) bond motifs is 1. The first kappa shape index (κ1) is 14.8. The predicted octanol–water partition coefficient (Wildman–Crippen LogP) is 2.49. The van der Waals surface area contributed by atoms with Crippen LogP contribution >= 0.6 is 11.3 Å². The molecular formula is C14H19NO4S. The first-order valence-electron chi connectivity index (χ1n) is 6.82. The van der Waals surface area contributed by atoms with E-state index in [4.69, 9.17) is 15.2 Å². The van der Waals surface area contributed by atoms with Gasteiger partial charge in [0.15, 0.2) is 0 Å². The minimum atomic E-state index is -0.391. The van der Waals surface area contributed by atoms with Gasteiger partial charge in [-0.3, -0.25) is 4.79 Å². The van der Waals surface area contributed by atoms with Gasteiger partial charge >= 0.3 is 11.9 Å². The standard InChI is InChI=1S/C14H19NO4S/c1-3-18-10(16)7-8-5-6-9-11(8)12(13(15)20-9)14(17)19-4-2/h8H,3-7,15H2,1-2H3. The number of nitrogens with two attached hydrogens (primary N) is 1. The van der Waals surface area contributed by atoms with E-state index in [-0.39, 0.29) is 11.9 Å². The number of hydrogen-bond donors (Lipinski definition) is 1. The molecule has 0 amide bonds. The summed E-state index contributed by atoms with van der Waals surface area (Å²) in [6, 6.07) is 0. The second-order valence-corrected chi connectivity index (χ2v) is 5.78. The molecule has 0 fully saturated rings. The van der Waals surface area contributed by atoms with Crippen LogP contribution in [0.25, 0.3) is 0 Å². The van der Waals surface area contributed by atoms with Crippen LogP contribution in [-0.2, 0) is 20.7 Å². The number of rotatable bonds is 5. The normalized spacial score (nSPS) is 16.8. The Bertz CT molecular complexity index is 523. The van der Waals surface area contributed by atoms with E-state index in [1.807, 2.05) is 0 Å². The molecule has 0 bridgehead atoms. The number of thiophene rings is 1. The first-order valence-corrected chi connectivity index (χ1v) is 7.63. The Morgan fingerprint density at radius 1 is 1.30 bits per heavy atom. The fraction of sp³-hybridized carbons (Fsp3) is 0.571. The third-order valence-electron chi connectivity index (χ3n) is 3.38. The Kier molecular flexibility index (Phi) is 4.65. The van der Waals surface area contributed by atoms with E-state index >= 15 is 0 Å². The van der Waals surface area contributed by atoms with Crippen molar-refractivity contribution in [2.75, 3.05) is 18.9 Å². The predicted molar refractivity (Wildman–Crippen MR) is 77.0 cm³/mol. The van der Waals surface area contributed by atoms with E-state index < -0.39 is 5.97 Å². The summed E-state index contributed by atoms with van der Waals surface area (Å²) in [4.78, 5) is 24.8. The van der Waals surface area contributed by atoms with E-state index in [9.17, 15) is 9.59 Å². The zero-order chi connectivity index (χ0) is 14.7. The molecule has 110 valence electrons. The molecule has 20 heavy (non-hydrogen) atoms. The molecule has 6 heteroatoms. The molecule has 1 aliphatic rings. The molecular weight excluding hydrogens is 278 g/mol. The lowest BCUT2D eigenvalue weighted by atomic mass is 9.96. The van der Waals surface area contributed by atoms with E-state index in [1.165, 1.54) is 11.3 Å². The highest BCUT2D eigenvalue weighted by molar-refractivity contribution is 7.16. The summed E-state index contributed by atoms with van der Waals surface area (Å²) in [6.07, 6.45) is 2.00. The third kappa shape index (κ3) is 2.80. The molecule has 1 aromatic rings. The lowest BCUT2D eigenvalue weighted by Crippen LogP contribution is -2.13. The molecule has 0 saturated heterocycles. The molecule has 1 atom stereocenters. The largest absolute Gasteiger partial charge is 0.466 e. The number of esters is 2. The third-order valence-corrected chi connectivity index (χ3v) is 4.47. The summed E-state index contributed by atoms with van der Waals surface area (Å²) in [5, 5.41) is 0.488. The van der Waals surface area contributed by atoms with Crippen LogP contribution in [0, 0.1) is 0 Å². The van der Waals surface area contributed by atoms with Crippen LogP contribution in [0.2, 0.25) is 0 Å². The summed E-state index contributed by atoms with van der Waals surface area (Å²) in [5.41, 5.74) is 7.30. The average molecular weight is 297 g/mol. The van der Waals surface area contributed by atoms with Crippen LogP contribution in [0.15, 0.2) is 0 Å². The van der Waals surface area contributed by atoms with Crippen molar-refractivity contribution in [1.82, 2.24) is 0 Å². The van der Waals surface area contributed by atoms with E-state index in [2.05, 4.69) is 0 Å². The summed E-state index contributed by atoms with van der Waals surface area (Å²) >= 11 is 1.43. The van der Waals surface area contributed by atoms with Crippen molar-refractivity contribution in [2.24, 2.45) is 0 Å². The van der Waals surface area contributed by atoms with Crippen LogP contribution < -0.4 is 5.73 Å². The van der Waals surface area contributed by atoms with Gasteiger partial charge in [0.1, 0.15) is 5.00 Å². The fourth-order valence-electron chi connectivity index (χ4n) is 2.62. The van der Waals surface area contributed by atoms with Crippen molar-refractivity contribution < 1.29 is 19.1 Å². The van der Waals surface area contributed by atoms with Crippen LogP contribution in [0.3, 0.4) is 0 Å². The van der Waals surface area contributed by atoms with Crippen molar-refractivity contribution >= 4 is 28.3 Å². The SMILES string of the molecule is CCOC(=O)CC1CCc2sc(N)c(C(=O)OCC)c21. The molecule has 1 unspecified atom stereocenters. The topological polar surface area (TPSA) is 78.6 Å². The highest BCUT2D eigenvalue weighted by Gasteiger charge is 2.34. The zero-order valence-electron chi connectivity index (χ0n) is 11.7. The number of hydrogen-bond acceptors (Lipinski definition) is 6. The Labute approximate surface area is 122 Å². The maximum atomic E-state index is 12.0. The molecule has 0 spiro atoms. The lowest BCUT2D eigenvalue weighted by molar-refractivity contribution is -0.143. The van der Waals surface area contributed by atoms with Gasteiger partial charge < -0.3 is 15.2 Å². The Hall–Kier alpha value is -1.56. The number of aryl methyl sites for hydroxylation is 1. The summed E-state index contributed by atoms with van der Waals surface area (Å²) in [6.45, 7) is 4.22. The monoisotopic (exact) mass is 297 g/mol. The molecule has 0 saturated carbocycles. The van der Waals surface area contributed by atoms with Gasteiger partial charge in [-0.25, -0.2) is 4.79 Å². The van der Waals surface area contributed by atoms with Gasteiger partial charge in [-0.05, 0) is 38.2 Å². The molecule has 0 aromatic carbocycles. The number of anilines is 1. The fourth-order valence-corrected chi connectivity index (χ4v) is 3.78. The average Bonchev–Trinajstić information content (AvgIpc) is 2.89. The highest BCUT2D eigenvalue weighted by atomic mass is 32.1. The molecule has 1 aromatic heterocycles. The summed E-state index contributed by atoms with van der Waals surface area (Å²) < 4.78 is 10.1. The van der Waals surface area contributed by atoms with Gasteiger partial charge in [-0.2, -0.15) is 0 Å². The highest BCUT2D eigenvalue weighted by Crippen LogP contribution is 2.45. The van der Waals surface area contributed by atoms with Crippen molar-refractivity contribution in [3.05, 3.63) is 16.0 Å². The number of carbonyl (C=O) groups excluding carboxylic acids is 2. The minimum Gasteiger partial charge on any atom is -0.466 e. The maximum absolute atomic E-state index is 12.0. The Morgan fingerprint density at radius 3 is 2.65 bits per heavy atom. The first-order chi connectivity index (χ1) is 9.58. The summed E-state index contributed by atoms with van der Waals surface area (Å²) in [7, 11) is 0. The second kappa shape index (κ2) is 6.26. The van der Waals surface area contributed by atoms with Crippen molar-refractivity contribution in [3.8, 4) is 0 Å². The van der Waals surface area contributed by atoms with Gasteiger partial charge in [0, 0.05) is 4.88 Å². The number of ether oxygens (including phenoxy) is 2. The maximum Gasteiger partial charge on any atom is 0.341 e. The molecule has 1 heterocycles. The molecule has 0 aliphatic heterocycles. The van der Waals surface area contributed by atoms with Crippen LogP contribution in [-0.4, -0.2) is 25.2 Å². The molecule has 2 rings (SSSR count). The smallest absolute Gasteiger partial charge is 0.341 e. The van der Waals surface area contributed by atoms with E-state index in [1.54, 1.807) is 13.8 Å². The van der Waals surface area contributed by atoms with Crippen molar-refractivity contribution in [2.45, 2.75) is 39.0 Å². The van der Waals surface area contributed by atoms with Crippen LogP contribution in [0.1, 0.15) is 53.4 Å². The van der Waals surface area contributed by atoms with Crippen molar-refractivity contribution in [3.63, 3.8) is 0 Å². The minimum absolute atomic E-state index is 0.0111. The molecule has 0 radical (unpaired) electrons. The quantitative estimate of drug-likeness (QED) is 0.845. The van der Waals surface area contributed by atoms with Crippen molar-refractivity contribution in [1.29, 1.82) is 0 Å².